The van der Waals surface area contributed by atoms with E-state index in [1.807, 2.05) is 0 Å². The van der Waals surface area contributed by atoms with Crippen LogP contribution in [-0.4, -0.2) is 29.8 Å². The number of aliphatic hydroxyl groups excluding tert-OH is 1. The van der Waals surface area contributed by atoms with Crippen molar-refractivity contribution in [1.29, 1.82) is 0 Å². The molecule has 13 heavy (non-hydrogen) atoms. The Kier molecular flexibility index (Phi) is 4.70. The number of hydrogen-bond acceptors (Lipinski definition) is 3. The van der Waals surface area contributed by atoms with E-state index in [2.05, 4.69) is 12.2 Å². The SMILES string of the molecule is CC(CCO)NC1CCCC(N)C1. The molecule has 0 heterocycles. The van der Waals surface area contributed by atoms with Gasteiger partial charge in [0.15, 0.2) is 0 Å². The van der Waals surface area contributed by atoms with Crippen molar-refractivity contribution >= 4 is 0 Å². The molecule has 0 saturated heterocycles. The van der Waals surface area contributed by atoms with Gasteiger partial charge in [0.1, 0.15) is 0 Å². The summed E-state index contributed by atoms with van der Waals surface area (Å²) in [5.74, 6) is 0. The molecule has 0 aliphatic heterocycles. The number of aliphatic hydroxyl groups is 1. The lowest BCUT2D eigenvalue weighted by Crippen LogP contribution is -2.43. The van der Waals surface area contributed by atoms with Gasteiger partial charge in [-0.1, -0.05) is 6.42 Å². The summed E-state index contributed by atoms with van der Waals surface area (Å²) < 4.78 is 0. The van der Waals surface area contributed by atoms with Gasteiger partial charge in [0.25, 0.3) is 0 Å². The monoisotopic (exact) mass is 186 g/mol. The van der Waals surface area contributed by atoms with E-state index in [0.717, 1.165) is 12.8 Å². The highest BCUT2D eigenvalue weighted by Crippen LogP contribution is 2.17. The van der Waals surface area contributed by atoms with E-state index in [1.54, 1.807) is 0 Å². The average molecular weight is 186 g/mol. The van der Waals surface area contributed by atoms with Gasteiger partial charge in [-0.05, 0) is 32.6 Å². The maximum atomic E-state index is 8.75. The van der Waals surface area contributed by atoms with Gasteiger partial charge in [0.05, 0.1) is 0 Å². The molecule has 1 aliphatic carbocycles. The summed E-state index contributed by atoms with van der Waals surface area (Å²) in [6, 6.07) is 1.37. The van der Waals surface area contributed by atoms with Crippen LogP contribution in [0.4, 0.5) is 0 Å². The van der Waals surface area contributed by atoms with Gasteiger partial charge >= 0.3 is 0 Å². The average Bonchev–Trinajstić information content (AvgIpc) is 2.04. The predicted octanol–water partition coefficient (Wildman–Crippen LogP) is 0.617. The van der Waals surface area contributed by atoms with Crippen LogP contribution in [0.5, 0.6) is 0 Å². The fraction of sp³-hybridized carbons (Fsp3) is 1.00. The molecule has 0 bridgehead atoms. The van der Waals surface area contributed by atoms with Gasteiger partial charge < -0.3 is 16.2 Å². The Balaban J connectivity index is 2.19. The van der Waals surface area contributed by atoms with E-state index in [9.17, 15) is 0 Å². The van der Waals surface area contributed by atoms with E-state index in [0.29, 0.717) is 18.1 Å². The molecule has 1 aliphatic rings. The summed E-state index contributed by atoms with van der Waals surface area (Å²) in [4.78, 5) is 0. The van der Waals surface area contributed by atoms with Crippen LogP contribution >= 0.6 is 0 Å². The third-order valence-corrected chi connectivity index (χ3v) is 2.80. The summed E-state index contributed by atoms with van der Waals surface area (Å²) in [6.45, 7) is 2.39. The quantitative estimate of drug-likeness (QED) is 0.603. The number of nitrogens with one attached hydrogen (secondary N) is 1. The summed E-state index contributed by atoms with van der Waals surface area (Å²) in [6.07, 6.45) is 5.59. The van der Waals surface area contributed by atoms with Crippen LogP contribution in [0.2, 0.25) is 0 Å². The molecule has 1 saturated carbocycles. The molecule has 0 aromatic heterocycles. The Hall–Kier alpha value is -0.120. The summed E-state index contributed by atoms with van der Waals surface area (Å²) in [7, 11) is 0. The lowest BCUT2D eigenvalue weighted by Gasteiger charge is -2.29. The summed E-state index contributed by atoms with van der Waals surface area (Å²) >= 11 is 0. The topological polar surface area (TPSA) is 58.3 Å². The second-order valence-electron chi connectivity index (χ2n) is 4.20. The van der Waals surface area contributed by atoms with Crippen molar-refractivity contribution < 1.29 is 5.11 Å². The van der Waals surface area contributed by atoms with E-state index in [1.165, 1.54) is 19.3 Å². The molecule has 1 rings (SSSR count). The Morgan fingerprint density at radius 3 is 2.92 bits per heavy atom. The van der Waals surface area contributed by atoms with Crippen molar-refractivity contribution in [3.05, 3.63) is 0 Å². The second-order valence-corrected chi connectivity index (χ2v) is 4.20. The lowest BCUT2D eigenvalue weighted by atomic mass is 9.91. The molecule has 3 heteroatoms. The first-order chi connectivity index (χ1) is 6.22. The Labute approximate surface area is 80.7 Å². The second kappa shape index (κ2) is 5.58. The molecule has 3 nitrogen and oxygen atoms in total. The minimum Gasteiger partial charge on any atom is -0.396 e. The maximum Gasteiger partial charge on any atom is 0.0445 e. The predicted molar refractivity (Wildman–Crippen MR) is 54.5 cm³/mol. The number of nitrogens with two attached hydrogens (primary N) is 1. The summed E-state index contributed by atoms with van der Waals surface area (Å²) in [5, 5.41) is 12.3. The van der Waals surface area contributed by atoms with Crippen LogP contribution in [0.25, 0.3) is 0 Å². The maximum absolute atomic E-state index is 8.75. The minimum absolute atomic E-state index is 0.271. The van der Waals surface area contributed by atoms with Crippen LogP contribution in [0.3, 0.4) is 0 Å². The third-order valence-electron chi connectivity index (χ3n) is 2.80. The molecule has 1 fully saturated rings. The van der Waals surface area contributed by atoms with Crippen molar-refractivity contribution in [3.8, 4) is 0 Å². The van der Waals surface area contributed by atoms with Crippen molar-refractivity contribution in [1.82, 2.24) is 5.32 Å². The highest BCUT2D eigenvalue weighted by atomic mass is 16.3. The zero-order valence-corrected chi connectivity index (χ0v) is 8.50. The van der Waals surface area contributed by atoms with Gasteiger partial charge in [-0.3, -0.25) is 0 Å². The molecule has 0 spiro atoms. The van der Waals surface area contributed by atoms with Gasteiger partial charge in [0, 0.05) is 24.7 Å². The largest absolute Gasteiger partial charge is 0.396 e. The molecule has 3 unspecified atom stereocenters. The fourth-order valence-corrected chi connectivity index (χ4v) is 2.06. The van der Waals surface area contributed by atoms with Gasteiger partial charge in [-0.15, -0.1) is 0 Å². The molecule has 0 aromatic carbocycles. The molecule has 4 N–H and O–H groups in total. The molecule has 3 atom stereocenters. The van der Waals surface area contributed by atoms with Crippen molar-refractivity contribution in [2.24, 2.45) is 5.73 Å². The van der Waals surface area contributed by atoms with Crippen molar-refractivity contribution in [2.75, 3.05) is 6.61 Å². The Morgan fingerprint density at radius 1 is 1.54 bits per heavy atom. The molecular formula is C10H22N2O. The van der Waals surface area contributed by atoms with Crippen LogP contribution in [-0.2, 0) is 0 Å². The van der Waals surface area contributed by atoms with Crippen LogP contribution in [0.1, 0.15) is 39.0 Å². The first kappa shape index (κ1) is 11.0. The van der Waals surface area contributed by atoms with Crippen molar-refractivity contribution in [3.63, 3.8) is 0 Å². The Bertz CT molecular complexity index is 141. The molecule has 0 radical (unpaired) electrons. The first-order valence-electron chi connectivity index (χ1n) is 5.35. The molecule has 0 aromatic rings. The number of rotatable bonds is 4. The number of hydrogen-bond donors (Lipinski definition) is 3. The fourth-order valence-electron chi connectivity index (χ4n) is 2.06. The normalized spacial score (nSPS) is 31.6. The van der Waals surface area contributed by atoms with E-state index in [4.69, 9.17) is 10.8 Å². The standard InChI is InChI=1S/C10H22N2O/c1-8(5-6-13)12-10-4-2-3-9(11)7-10/h8-10,12-13H,2-7,11H2,1H3. The zero-order valence-electron chi connectivity index (χ0n) is 8.50. The van der Waals surface area contributed by atoms with Crippen molar-refractivity contribution in [2.45, 2.75) is 57.2 Å². The smallest absolute Gasteiger partial charge is 0.0445 e. The van der Waals surface area contributed by atoms with Gasteiger partial charge in [-0.25, -0.2) is 0 Å². The molecule has 0 amide bonds. The highest BCUT2D eigenvalue weighted by Gasteiger charge is 2.19. The lowest BCUT2D eigenvalue weighted by molar-refractivity contribution is 0.249. The summed E-state index contributed by atoms with van der Waals surface area (Å²) in [5.41, 5.74) is 5.89. The Morgan fingerprint density at radius 2 is 2.31 bits per heavy atom. The zero-order chi connectivity index (χ0) is 9.68. The molecule has 78 valence electrons. The molecular weight excluding hydrogens is 164 g/mol. The van der Waals surface area contributed by atoms with Crippen LogP contribution in [0, 0.1) is 0 Å². The van der Waals surface area contributed by atoms with Gasteiger partial charge in [0.2, 0.25) is 0 Å². The van der Waals surface area contributed by atoms with E-state index >= 15 is 0 Å². The first-order valence-corrected chi connectivity index (χ1v) is 5.35. The van der Waals surface area contributed by atoms with E-state index < -0.39 is 0 Å². The van der Waals surface area contributed by atoms with Crippen LogP contribution < -0.4 is 11.1 Å². The minimum atomic E-state index is 0.271. The van der Waals surface area contributed by atoms with Gasteiger partial charge in [-0.2, -0.15) is 0 Å². The highest BCUT2D eigenvalue weighted by molar-refractivity contribution is 4.81. The van der Waals surface area contributed by atoms with Crippen LogP contribution in [0.15, 0.2) is 0 Å². The third kappa shape index (κ3) is 4.07. The van der Waals surface area contributed by atoms with E-state index in [-0.39, 0.29) is 6.61 Å².